The van der Waals surface area contributed by atoms with Gasteiger partial charge in [0.15, 0.2) is 5.78 Å². The van der Waals surface area contributed by atoms with E-state index in [-0.39, 0.29) is 17.4 Å². The molecule has 0 radical (unpaired) electrons. The summed E-state index contributed by atoms with van der Waals surface area (Å²) < 4.78 is 2.53. The van der Waals surface area contributed by atoms with Gasteiger partial charge in [0.05, 0.1) is 6.54 Å². The summed E-state index contributed by atoms with van der Waals surface area (Å²) in [6.07, 6.45) is 0. The van der Waals surface area contributed by atoms with Crippen LogP contribution in [0.2, 0.25) is 5.02 Å². The van der Waals surface area contributed by atoms with E-state index in [1.807, 2.05) is 38.1 Å². The molecule has 1 saturated heterocycles. The summed E-state index contributed by atoms with van der Waals surface area (Å²) in [5.41, 5.74) is 3.62. The van der Waals surface area contributed by atoms with Gasteiger partial charge in [0.25, 0.3) is 0 Å². The van der Waals surface area contributed by atoms with Crippen LogP contribution in [-0.4, -0.2) is 17.4 Å². The van der Waals surface area contributed by atoms with E-state index >= 15 is 0 Å². The highest BCUT2D eigenvalue weighted by Gasteiger charge is 2.38. The number of hydrogen-bond donors (Lipinski definition) is 0. The largest absolute Gasteiger partial charge is 0.302 e. The lowest BCUT2D eigenvalue weighted by molar-refractivity contribution is -0.124. The zero-order valence-electron chi connectivity index (χ0n) is 13.2. The van der Waals surface area contributed by atoms with Crippen LogP contribution in [-0.2, 0) is 9.59 Å². The van der Waals surface area contributed by atoms with E-state index in [0.29, 0.717) is 5.02 Å². The molecule has 2 aromatic rings. The summed E-state index contributed by atoms with van der Waals surface area (Å²) in [5, 5.41) is 0.462. The maximum atomic E-state index is 12.7. The van der Waals surface area contributed by atoms with Gasteiger partial charge in [-0.05, 0) is 60.9 Å². The van der Waals surface area contributed by atoms with E-state index in [9.17, 15) is 9.59 Å². The molecule has 0 amide bonds. The minimum absolute atomic E-state index is 0.0960. The summed E-state index contributed by atoms with van der Waals surface area (Å²) in [6, 6.07) is 11.1. The van der Waals surface area contributed by atoms with Gasteiger partial charge in [0, 0.05) is 27.1 Å². The van der Waals surface area contributed by atoms with E-state index in [1.165, 1.54) is 0 Å². The minimum Gasteiger partial charge on any atom is -0.302 e. The highest BCUT2D eigenvalue weighted by molar-refractivity contribution is 9.10. The summed E-state index contributed by atoms with van der Waals surface area (Å²) in [5.74, 6) is -0.824. The number of rotatable bonds is 2. The van der Waals surface area contributed by atoms with Crippen LogP contribution in [0.25, 0.3) is 0 Å². The second-order valence-electron chi connectivity index (χ2n) is 5.80. The fourth-order valence-corrected chi connectivity index (χ4v) is 4.90. The molecule has 0 N–H and O–H groups in total. The lowest BCUT2D eigenvalue weighted by Crippen LogP contribution is -2.38. The Morgan fingerprint density at radius 2 is 1.83 bits per heavy atom. The van der Waals surface area contributed by atoms with Crippen molar-refractivity contribution in [1.82, 2.24) is 0 Å². The molecule has 0 spiro atoms. The van der Waals surface area contributed by atoms with Crippen molar-refractivity contribution in [3.8, 4) is 0 Å². The third-order valence-electron chi connectivity index (χ3n) is 3.94. The first-order chi connectivity index (χ1) is 11.4. The molecule has 1 aliphatic rings. The van der Waals surface area contributed by atoms with Crippen LogP contribution in [0.1, 0.15) is 22.6 Å². The molecule has 2 aromatic carbocycles. The molecule has 0 saturated carbocycles. The average molecular weight is 425 g/mol. The highest BCUT2D eigenvalue weighted by atomic mass is 79.9. The molecule has 1 unspecified atom stereocenters. The second-order valence-corrected chi connectivity index (χ2v) is 8.12. The third-order valence-corrected chi connectivity index (χ3v) is 5.83. The highest BCUT2D eigenvalue weighted by Crippen LogP contribution is 2.39. The molecule has 1 heterocycles. The van der Waals surface area contributed by atoms with Crippen LogP contribution in [0, 0.1) is 13.8 Å². The summed E-state index contributed by atoms with van der Waals surface area (Å²) in [6.45, 7) is 4.11. The first-order valence-corrected chi connectivity index (χ1v) is 9.35. The second kappa shape index (κ2) is 6.90. The van der Waals surface area contributed by atoms with E-state index in [0.717, 1.165) is 38.8 Å². The number of nitrogens with zero attached hydrogens (tertiary/aromatic N) is 1. The van der Waals surface area contributed by atoms with E-state index in [4.69, 9.17) is 11.6 Å². The predicted molar refractivity (Wildman–Crippen MR) is 103 cm³/mol. The number of carbonyl (C=O) groups excluding carboxylic acids is 2. The molecule has 1 aliphatic heterocycles. The van der Waals surface area contributed by atoms with Crippen molar-refractivity contribution in [2.24, 2.45) is 0 Å². The zero-order valence-corrected chi connectivity index (χ0v) is 16.3. The standard InChI is InChI=1S/C18H15BrClNO2S/c1-10-7-11(2)16(14(19)8-10)17-15(22)9-21(24-18(17)23)13-5-3-12(20)4-6-13/h3-8,17H,9H2,1-2H3. The number of halogens is 2. The fraction of sp³-hybridized carbons (Fsp3) is 0.222. The molecular weight excluding hydrogens is 410 g/mol. The maximum absolute atomic E-state index is 12.7. The van der Waals surface area contributed by atoms with E-state index < -0.39 is 5.92 Å². The topological polar surface area (TPSA) is 37.4 Å². The Morgan fingerprint density at radius 1 is 1.17 bits per heavy atom. The monoisotopic (exact) mass is 423 g/mol. The normalized spacial score (nSPS) is 18.2. The lowest BCUT2D eigenvalue weighted by atomic mass is 9.91. The van der Waals surface area contributed by atoms with Gasteiger partial charge >= 0.3 is 0 Å². The summed E-state index contributed by atoms with van der Waals surface area (Å²) in [7, 11) is 0. The van der Waals surface area contributed by atoms with Gasteiger partial charge in [0.2, 0.25) is 5.12 Å². The molecule has 124 valence electrons. The SMILES string of the molecule is Cc1cc(C)c(C2C(=O)CN(c3ccc(Cl)cc3)SC2=O)c(Br)c1. The van der Waals surface area contributed by atoms with Gasteiger partial charge in [-0.15, -0.1) is 0 Å². The number of aryl methyl sites for hydroxylation is 2. The van der Waals surface area contributed by atoms with Crippen molar-refractivity contribution in [2.75, 3.05) is 10.8 Å². The Balaban J connectivity index is 1.91. The van der Waals surface area contributed by atoms with Crippen molar-refractivity contribution in [1.29, 1.82) is 0 Å². The number of ketones is 1. The Labute approximate surface area is 158 Å². The van der Waals surface area contributed by atoms with Gasteiger partial charge < -0.3 is 4.31 Å². The van der Waals surface area contributed by atoms with Crippen LogP contribution >= 0.6 is 39.5 Å². The minimum atomic E-state index is -0.728. The smallest absolute Gasteiger partial charge is 0.224 e. The van der Waals surface area contributed by atoms with Gasteiger partial charge in [0.1, 0.15) is 5.92 Å². The van der Waals surface area contributed by atoms with Gasteiger partial charge in [-0.25, -0.2) is 0 Å². The number of anilines is 1. The number of benzene rings is 2. The average Bonchev–Trinajstić information content (AvgIpc) is 2.49. The molecule has 0 aliphatic carbocycles. The van der Waals surface area contributed by atoms with Gasteiger partial charge in [-0.2, -0.15) is 0 Å². The van der Waals surface area contributed by atoms with Crippen LogP contribution < -0.4 is 4.31 Å². The van der Waals surface area contributed by atoms with Crippen LogP contribution in [0.4, 0.5) is 5.69 Å². The van der Waals surface area contributed by atoms with Crippen molar-refractivity contribution >= 4 is 56.1 Å². The summed E-state index contributed by atoms with van der Waals surface area (Å²) in [4.78, 5) is 25.4. The van der Waals surface area contributed by atoms with Crippen molar-refractivity contribution in [3.05, 3.63) is 62.6 Å². The first-order valence-electron chi connectivity index (χ1n) is 7.41. The van der Waals surface area contributed by atoms with Crippen molar-refractivity contribution < 1.29 is 9.59 Å². The first kappa shape index (κ1) is 17.5. The van der Waals surface area contributed by atoms with Crippen LogP contribution in [0.5, 0.6) is 0 Å². The molecule has 6 heteroatoms. The number of Topliss-reactive ketones (excluding diaryl/α,β-unsaturated/α-hetero) is 1. The Hall–Kier alpha value is -1.30. The summed E-state index contributed by atoms with van der Waals surface area (Å²) >= 11 is 10.5. The Morgan fingerprint density at radius 3 is 2.42 bits per heavy atom. The van der Waals surface area contributed by atoms with E-state index in [2.05, 4.69) is 15.9 Å². The lowest BCUT2D eigenvalue weighted by Gasteiger charge is -2.31. The van der Waals surface area contributed by atoms with Gasteiger partial charge in [-0.1, -0.05) is 33.6 Å². The van der Waals surface area contributed by atoms with E-state index in [1.54, 1.807) is 16.4 Å². The molecular formula is C18H15BrClNO2S. The van der Waals surface area contributed by atoms with Crippen molar-refractivity contribution in [2.45, 2.75) is 19.8 Å². The molecule has 3 nitrogen and oxygen atoms in total. The Bertz CT molecular complexity index is 781. The third kappa shape index (κ3) is 3.39. The fourth-order valence-electron chi connectivity index (χ4n) is 2.88. The van der Waals surface area contributed by atoms with Crippen LogP contribution in [0.15, 0.2) is 40.9 Å². The number of carbonyl (C=O) groups is 2. The maximum Gasteiger partial charge on any atom is 0.224 e. The van der Waals surface area contributed by atoms with Crippen LogP contribution in [0.3, 0.4) is 0 Å². The van der Waals surface area contributed by atoms with Crippen molar-refractivity contribution in [3.63, 3.8) is 0 Å². The zero-order chi connectivity index (χ0) is 17.4. The van der Waals surface area contributed by atoms with Gasteiger partial charge in [-0.3, -0.25) is 9.59 Å². The quantitative estimate of drug-likeness (QED) is 0.498. The predicted octanol–water partition coefficient (Wildman–Crippen LogP) is 5.07. The molecule has 1 atom stereocenters. The number of hydrogen-bond acceptors (Lipinski definition) is 4. The molecule has 3 rings (SSSR count). The molecule has 0 bridgehead atoms. The molecule has 24 heavy (non-hydrogen) atoms. The molecule has 1 fully saturated rings. The molecule has 0 aromatic heterocycles. The Kier molecular flexibility index (Phi) is 5.04.